The number of nitrogens with one attached hydrogen (secondary N) is 1. The van der Waals surface area contributed by atoms with Gasteiger partial charge in [-0.15, -0.1) is 24.8 Å². The van der Waals surface area contributed by atoms with Crippen LogP contribution in [0.1, 0.15) is 39.0 Å². The zero-order chi connectivity index (χ0) is 13.0. The van der Waals surface area contributed by atoms with Crippen molar-refractivity contribution in [1.82, 2.24) is 10.4 Å². The molecule has 0 bridgehead atoms. The van der Waals surface area contributed by atoms with Crippen molar-refractivity contribution in [1.29, 1.82) is 0 Å². The molecule has 0 aromatic heterocycles. The molecule has 116 valence electrons. The first-order valence-electron chi connectivity index (χ1n) is 6.84. The molecule has 0 saturated heterocycles. The molecule has 2 atom stereocenters. The molecule has 1 fully saturated rings. The van der Waals surface area contributed by atoms with E-state index in [2.05, 4.69) is 12.3 Å². The van der Waals surface area contributed by atoms with Crippen LogP contribution in [0.4, 0.5) is 0 Å². The normalized spacial score (nSPS) is 25.2. The minimum absolute atomic E-state index is 0. The summed E-state index contributed by atoms with van der Waals surface area (Å²) in [7, 11) is 0. The quantitative estimate of drug-likeness (QED) is 0.834. The van der Waals surface area contributed by atoms with Gasteiger partial charge >= 0.3 is 5.97 Å². The Morgan fingerprint density at radius 2 is 2.10 bits per heavy atom. The third-order valence-corrected chi connectivity index (χ3v) is 3.94. The van der Waals surface area contributed by atoms with Gasteiger partial charge in [-0.05, 0) is 30.9 Å². The second-order valence-corrected chi connectivity index (χ2v) is 5.15. The number of nitrogens with zero attached hydrogens (tertiary/aromatic N) is 1. The number of carbonyl (C=O) groups is 1. The fraction of sp³-hybridized carbons (Fsp3) is 0.643. The monoisotopic (exact) mass is 322 g/mol. The molecule has 2 N–H and O–H groups in total. The van der Waals surface area contributed by atoms with Crippen molar-refractivity contribution in [3.05, 3.63) is 23.9 Å². The maximum atomic E-state index is 11.0. The Morgan fingerprint density at radius 3 is 2.75 bits per heavy atom. The van der Waals surface area contributed by atoms with Crippen LogP contribution in [-0.4, -0.2) is 28.7 Å². The average Bonchev–Trinajstić information content (AvgIpc) is 2.39. The van der Waals surface area contributed by atoms with E-state index >= 15 is 0 Å². The van der Waals surface area contributed by atoms with Crippen molar-refractivity contribution >= 4 is 30.8 Å². The number of rotatable bonds is 4. The van der Waals surface area contributed by atoms with Crippen molar-refractivity contribution < 1.29 is 9.90 Å². The first-order chi connectivity index (χ1) is 8.70. The van der Waals surface area contributed by atoms with Gasteiger partial charge in [-0.2, -0.15) is 0 Å². The van der Waals surface area contributed by atoms with Crippen LogP contribution in [0, 0.1) is 5.92 Å². The molecule has 0 spiro atoms. The Hall–Kier alpha value is -0.710. The van der Waals surface area contributed by atoms with Crippen LogP contribution in [0.15, 0.2) is 23.9 Å². The fourth-order valence-corrected chi connectivity index (χ4v) is 2.86. The van der Waals surface area contributed by atoms with E-state index in [1.165, 1.54) is 32.1 Å². The van der Waals surface area contributed by atoms with E-state index in [4.69, 9.17) is 5.11 Å². The van der Waals surface area contributed by atoms with Crippen molar-refractivity contribution in [3.63, 3.8) is 0 Å². The summed E-state index contributed by atoms with van der Waals surface area (Å²) in [5, 5.41) is 10.9. The van der Waals surface area contributed by atoms with Crippen LogP contribution in [0.25, 0.3) is 0 Å². The van der Waals surface area contributed by atoms with Crippen LogP contribution < -0.4 is 5.43 Å². The first-order valence-corrected chi connectivity index (χ1v) is 6.84. The minimum Gasteiger partial charge on any atom is -0.478 e. The zero-order valence-electron chi connectivity index (χ0n) is 11.7. The van der Waals surface area contributed by atoms with Crippen LogP contribution >= 0.6 is 24.8 Å². The summed E-state index contributed by atoms with van der Waals surface area (Å²) in [6, 6.07) is 0.488. The van der Waals surface area contributed by atoms with Crippen LogP contribution in [-0.2, 0) is 4.79 Å². The molecule has 1 aliphatic heterocycles. The molecular weight excluding hydrogens is 299 g/mol. The minimum atomic E-state index is -0.832. The van der Waals surface area contributed by atoms with Gasteiger partial charge < -0.3 is 10.1 Å². The van der Waals surface area contributed by atoms with Gasteiger partial charge in [0.05, 0.1) is 12.1 Å². The van der Waals surface area contributed by atoms with Gasteiger partial charge in [0, 0.05) is 12.2 Å². The highest BCUT2D eigenvalue weighted by Crippen LogP contribution is 2.27. The summed E-state index contributed by atoms with van der Waals surface area (Å²) in [4.78, 5) is 11.0. The van der Waals surface area contributed by atoms with Crippen molar-refractivity contribution in [2.75, 3.05) is 6.54 Å². The lowest BCUT2D eigenvalue weighted by atomic mass is 9.83. The van der Waals surface area contributed by atoms with Gasteiger partial charge in [-0.25, -0.2) is 10.2 Å². The molecule has 0 radical (unpaired) electrons. The summed E-state index contributed by atoms with van der Waals surface area (Å²) >= 11 is 0. The Labute approximate surface area is 133 Å². The largest absolute Gasteiger partial charge is 0.478 e. The van der Waals surface area contributed by atoms with Gasteiger partial charge in [0.1, 0.15) is 0 Å². The summed E-state index contributed by atoms with van der Waals surface area (Å²) in [5.74, 6) is -0.117. The molecule has 2 aliphatic rings. The SMILES string of the molecule is CCC1CCCCC1NN1C=CC=C(C(=O)O)C1.Cl.Cl. The molecule has 2 rings (SSSR count). The van der Waals surface area contributed by atoms with E-state index in [1.54, 1.807) is 12.2 Å². The number of hydrogen-bond acceptors (Lipinski definition) is 3. The van der Waals surface area contributed by atoms with Crippen molar-refractivity contribution in [2.24, 2.45) is 5.92 Å². The lowest BCUT2D eigenvalue weighted by molar-refractivity contribution is -0.133. The highest BCUT2D eigenvalue weighted by atomic mass is 35.5. The Morgan fingerprint density at radius 1 is 1.40 bits per heavy atom. The van der Waals surface area contributed by atoms with E-state index in [0.29, 0.717) is 24.1 Å². The number of allylic oxidation sites excluding steroid dienone is 2. The van der Waals surface area contributed by atoms with E-state index in [-0.39, 0.29) is 24.8 Å². The number of hydrogen-bond donors (Lipinski definition) is 2. The summed E-state index contributed by atoms with van der Waals surface area (Å²) < 4.78 is 0. The standard InChI is InChI=1S/C14H22N2O2.2ClH/c1-2-11-6-3-4-8-13(11)15-16-9-5-7-12(10-16)14(17)18;;/h5,7,9,11,13,15H,2-4,6,8,10H2,1H3,(H,17,18);2*1H. The summed E-state index contributed by atoms with van der Waals surface area (Å²) in [6.07, 6.45) is 11.6. The van der Waals surface area contributed by atoms with E-state index in [9.17, 15) is 4.79 Å². The van der Waals surface area contributed by atoms with Crippen LogP contribution in [0.2, 0.25) is 0 Å². The van der Waals surface area contributed by atoms with Crippen molar-refractivity contribution in [3.8, 4) is 0 Å². The molecule has 20 heavy (non-hydrogen) atoms. The zero-order valence-corrected chi connectivity index (χ0v) is 13.4. The van der Waals surface area contributed by atoms with Gasteiger partial charge in [0.15, 0.2) is 0 Å². The average molecular weight is 323 g/mol. The molecule has 0 aromatic rings. The smallest absolute Gasteiger partial charge is 0.333 e. The number of aliphatic carboxylic acids is 1. The Bertz CT molecular complexity index is 372. The molecule has 2 unspecified atom stereocenters. The van der Waals surface area contributed by atoms with E-state index in [0.717, 1.165) is 0 Å². The molecule has 6 heteroatoms. The van der Waals surface area contributed by atoms with Gasteiger partial charge in [-0.1, -0.05) is 26.2 Å². The molecule has 4 nitrogen and oxygen atoms in total. The maximum absolute atomic E-state index is 11.0. The predicted octanol–water partition coefficient (Wildman–Crippen LogP) is 3.14. The van der Waals surface area contributed by atoms with E-state index in [1.807, 2.05) is 11.2 Å². The highest BCUT2D eigenvalue weighted by Gasteiger charge is 2.25. The van der Waals surface area contributed by atoms with Crippen LogP contribution in [0.5, 0.6) is 0 Å². The van der Waals surface area contributed by atoms with E-state index < -0.39 is 5.97 Å². The number of carboxylic acids is 1. The van der Waals surface area contributed by atoms with Crippen molar-refractivity contribution in [2.45, 2.75) is 45.1 Å². The van der Waals surface area contributed by atoms with Gasteiger partial charge in [0.25, 0.3) is 0 Å². The molecule has 1 aliphatic carbocycles. The summed E-state index contributed by atoms with van der Waals surface area (Å²) in [5.41, 5.74) is 3.92. The molecule has 1 saturated carbocycles. The third kappa shape index (κ3) is 5.00. The maximum Gasteiger partial charge on any atom is 0.333 e. The molecule has 0 amide bonds. The lowest BCUT2D eigenvalue weighted by Gasteiger charge is -2.36. The highest BCUT2D eigenvalue weighted by molar-refractivity contribution is 5.87. The second-order valence-electron chi connectivity index (χ2n) is 5.15. The third-order valence-electron chi connectivity index (χ3n) is 3.94. The van der Waals surface area contributed by atoms with Gasteiger partial charge in [0.2, 0.25) is 0 Å². The van der Waals surface area contributed by atoms with Crippen LogP contribution in [0.3, 0.4) is 0 Å². The predicted molar refractivity (Wildman–Crippen MR) is 85.2 cm³/mol. The first kappa shape index (κ1) is 19.3. The fourth-order valence-electron chi connectivity index (χ4n) is 2.86. The lowest BCUT2D eigenvalue weighted by Crippen LogP contribution is -2.48. The van der Waals surface area contributed by atoms with Gasteiger partial charge in [-0.3, -0.25) is 0 Å². The number of halogens is 2. The summed E-state index contributed by atoms with van der Waals surface area (Å²) in [6.45, 7) is 2.68. The number of hydrazine groups is 1. The molecular formula is C14H24Cl2N2O2. The Kier molecular flexibility index (Phi) is 8.94. The second kappa shape index (κ2) is 9.27. The number of carboxylic acid groups (broad SMARTS) is 1. The Balaban J connectivity index is 0.00000180. The molecule has 0 aromatic carbocycles. The topological polar surface area (TPSA) is 52.6 Å². The molecule has 1 heterocycles.